The summed E-state index contributed by atoms with van der Waals surface area (Å²) in [6, 6.07) is 11.6. The van der Waals surface area contributed by atoms with Crippen LogP contribution in [0.15, 0.2) is 42.5 Å². The number of nitrogens with zero attached hydrogens (tertiary/aromatic N) is 3. The Morgan fingerprint density at radius 2 is 1.85 bits per heavy atom. The molecule has 1 aliphatic heterocycles. The molecule has 0 saturated carbocycles. The van der Waals surface area contributed by atoms with Gasteiger partial charge >= 0.3 is 0 Å². The van der Waals surface area contributed by atoms with Gasteiger partial charge in [0.2, 0.25) is 0 Å². The molecule has 1 saturated heterocycles. The van der Waals surface area contributed by atoms with E-state index in [4.69, 9.17) is 16.3 Å². The summed E-state index contributed by atoms with van der Waals surface area (Å²) in [6.45, 7) is 2.26. The summed E-state index contributed by atoms with van der Waals surface area (Å²) in [5.74, 6) is 0.0542. The third-order valence-electron chi connectivity index (χ3n) is 4.38. The maximum atomic E-state index is 12.8. The zero-order chi connectivity index (χ0) is 18.7. The minimum absolute atomic E-state index is 0.135. The first-order valence-electron chi connectivity index (χ1n) is 8.12. The highest BCUT2D eigenvalue weighted by atomic mass is 35.5. The van der Waals surface area contributed by atoms with Gasteiger partial charge in [-0.2, -0.15) is 0 Å². The van der Waals surface area contributed by atoms with Crippen molar-refractivity contribution in [2.75, 3.05) is 38.2 Å². The van der Waals surface area contributed by atoms with Gasteiger partial charge < -0.3 is 14.5 Å². The fraction of sp³-hybridized carbons (Fsp3) is 0.278. The molecule has 1 heterocycles. The van der Waals surface area contributed by atoms with Gasteiger partial charge in [-0.3, -0.25) is 14.9 Å². The van der Waals surface area contributed by atoms with Crippen LogP contribution in [0.3, 0.4) is 0 Å². The van der Waals surface area contributed by atoms with E-state index in [1.165, 1.54) is 25.3 Å². The van der Waals surface area contributed by atoms with Gasteiger partial charge in [-0.1, -0.05) is 23.7 Å². The van der Waals surface area contributed by atoms with Crippen LogP contribution in [0.1, 0.15) is 10.4 Å². The first kappa shape index (κ1) is 18.0. The predicted molar refractivity (Wildman–Crippen MR) is 99.2 cm³/mol. The molecule has 0 spiro atoms. The normalized spacial score (nSPS) is 14.2. The molecule has 0 atom stereocenters. The summed E-state index contributed by atoms with van der Waals surface area (Å²) in [5.41, 5.74) is 1.01. The minimum Gasteiger partial charge on any atom is -0.496 e. The van der Waals surface area contributed by atoms with Crippen LogP contribution in [0.2, 0.25) is 5.02 Å². The Bertz CT molecular complexity index is 835. The molecule has 0 aliphatic carbocycles. The first-order chi connectivity index (χ1) is 12.5. The lowest BCUT2D eigenvalue weighted by Gasteiger charge is -2.36. The van der Waals surface area contributed by atoms with Crippen LogP contribution in [0.25, 0.3) is 0 Å². The Morgan fingerprint density at radius 1 is 1.15 bits per heavy atom. The molecule has 7 nitrogen and oxygen atoms in total. The number of non-ortho nitro benzene ring substituents is 1. The van der Waals surface area contributed by atoms with E-state index < -0.39 is 4.92 Å². The van der Waals surface area contributed by atoms with Gasteiger partial charge in [0.25, 0.3) is 11.6 Å². The molecule has 1 fully saturated rings. The van der Waals surface area contributed by atoms with Crippen LogP contribution < -0.4 is 9.64 Å². The molecule has 2 aromatic carbocycles. The summed E-state index contributed by atoms with van der Waals surface area (Å²) in [6.07, 6.45) is 0. The Hall–Kier alpha value is -2.80. The van der Waals surface area contributed by atoms with Crippen molar-refractivity contribution in [3.63, 3.8) is 0 Å². The lowest BCUT2D eigenvalue weighted by atomic mass is 10.1. The second kappa shape index (κ2) is 7.61. The molecule has 2 aromatic rings. The predicted octanol–water partition coefficient (Wildman–Crippen LogP) is 3.22. The number of para-hydroxylation sites is 1. The van der Waals surface area contributed by atoms with Gasteiger partial charge in [-0.25, -0.2) is 0 Å². The molecule has 26 heavy (non-hydrogen) atoms. The third kappa shape index (κ3) is 3.57. The second-order valence-electron chi connectivity index (χ2n) is 5.87. The summed E-state index contributed by atoms with van der Waals surface area (Å²) < 4.78 is 5.20. The molecule has 1 aliphatic rings. The van der Waals surface area contributed by atoms with Crippen molar-refractivity contribution < 1.29 is 14.5 Å². The van der Waals surface area contributed by atoms with Crippen molar-refractivity contribution in [2.24, 2.45) is 0 Å². The van der Waals surface area contributed by atoms with Gasteiger partial charge in [-0.05, 0) is 18.2 Å². The number of carbonyl (C=O) groups is 1. The third-order valence-corrected chi connectivity index (χ3v) is 4.70. The summed E-state index contributed by atoms with van der Waals surface area (Å²) in [4.78, 5) is 27.1. The number of hydrogen-bond donors (Lipinski definition) is 0. The number of nitro benzene ring substituents is 1. The number of carbonyl (C=O) groups excluding carboxylic acids is 1. The van der Waals surface area contributed by atoms with Gasteiger partial charge in [-0.15, -0.1) is 0 Å². The first-order valence-corrected chi connectivity index (χ1v) is 8.50. The number of ether oxygens (including phenoxy) is 1. The van der Waals surface area contributed by atoms with E-state index in [1.807, 2.05) is 24.3 Å². The lowest BCUT2D eigenvalue weighted by molar-refractivity contribution is -0.384. The molecule has 3 rings (SSSR count). The van der Waals surface area contributed by atoms with E-state index in [-0.39, 0.29) is 17.2 Å². The molecule has 0 N–H and O–H groups in total. The number of amides is 1. The van der Waals surface area contributed by atoms with Crippen LogP contribution in [0.5, 0.6) is 5.75 Å². The summed E-state index contributed by atoms with van der Waals surface area (Å²) in [5, 5.41) is 11.7. The average Bonchev–Trinajstić information content (AvgIpc) is 2.67. The standard InChI is InChI=1S/C18H18ClN3O4/c1-26-17-7-6-13(22(24)25)12-14(17)18(23)21-10-8-20(9-11-21)16-5-3-2-4-15(16)19/h2-7,12H,8-11H2,1H3. The monoisotopic (exact) mass is 375 g/mol. The Kier molecular flexibility index (Phi) is 5.27. The lowest BCUT2D eigenvalue weighted by Crippen LogP contribution is -2.49. The van der Waals surface area contributed by atoms with Crippen molar-refractivity contribution in [3.8, 4) is 5.75 Å². The highest BCUT2D eigenvalue weighted by molar-refractivity contribution is 6.33. The zero-order valence-electron chi connectivity index (χ0n) is 14.2. The number of halogens is 1. The van der Waals surface area contributed by atoms with Crippen LogP contribution >= 0.6 is 11.6 Å². The molecule has 0 radical (unpaired) electrons. The minimum atomic E-state index is -0.522. The number of piperazine rings is 1. The molecule has 8 heteroatoms. The van der Waals surface area contributed by atoms with Crippen LogP contribution in [0.4, 0.5) is 11.4 Å². The van der Waals surface area contributed by atoms with E-state index in [1.54, 1.807) is 4.90 Å². The maximum absolute atomic E-state index is 12.8. The smallest absolute Gasteiger partial charge is 0.270 e. The van der Waals surface area contributed by atoms with Crippen molar-refractivity contribution >= 4 is 28.9 Å². The van der Waals surface area contributed by atoms with E-state index >= 15 is 0 Å². The molecule has 0 unspecified atom stereocenters. The quantitative estimate of drug-likeness (QED) is 0.605. The SMILES string of the molecule is COc1ccc([N+](=O)[O-])cc1C(=O)N1CCN(c2ccccc2Cl)CC1. The fourth-order valence-electron chi connectivity index (χ4n) is 3.01. The summed E-state index contributed by atoms with van der Waals surface area (Å²) >= 11 is 6.24. The number of hydrogen-bond acceptors (Lipinski definition) is 5. The van der Waals surface area contributed by atoms with Crippen molar-refractivity contribution in [1.82, 2.24) is 4.90 Å². The molecular formula is C18H18ClN3O4. The van der Waals surface area contributed by atoms with Crippen molar-refractivity contribution in [3.05, 3.63) is 63.2 Å². The molecular weight excluding hydrogens is 358 g/mol. The number of rotatable bonds is 4. The van der Waals surface area contributed by atoms with E-state index in [2.05, 4.69) is 4.90 Å². The molecule has 1 amide bonds. The molecule has 0 aromatic heterocycles. The number of anilines is 1. The highest BCUT2D eigenvalue weighted by Crippen LogP contribution is 2.28. The molecule has 0 bridgehead atoms. The Balaban J connectivity index is 1.75. The van der Waals surface area contributed by atoms with E-state index in [0.717, 1.165) is 5.69 Å². The van der Waals surface area contributed by atoms with Gasteiger partial charge in [0, 0.05) is 38.3 Å². The van der Waals surface area contributed by atoms with Crippen molar-refractivity contribution in [1.29, 1.82) is 0 Å². The number of benzene rings is 2. The molecule has 136 valence electrons. The van der Waals surface area contributed by atoms with Gasteiger partial charge in [0.1, 0.15) is 5.75 Å². The average molecular weight is 376 g/mol. The Morgan fingerprint density at radius 3 is 2.46 bits per heavy atom. The van der Waals surface area contributed by atoms with Gasteiger partial charge in [0.05, 0.1) is 28.3 Å². The van der Waals surface area contributed by atoms with Gasteiger partial charge in [0.15, 0.2) is 0 Å². The van der Waals surface area contributed by atoms with Crippen molar-refractivity contribution in [2.45, 2.75) is 0 Å². The largest absolute Gasteiger partial charge is 0.496 e. The fourth-order valence-corrected chi connectivity index (χ4v) is 3.26. The van der Waals surface area contributed by atoms with E-state index in [9.17, 15) is 14.9 Å². The number of nitro groups is 1. The number of methoxy groups -OCH3 is 1. The summed E-state index contributed by atoms with van der Waals surface area (Å²) in [7, 11) is 1.44. The van der Waals surface area contributed by atoms with Crippen LogP contribution in [0, 0.1) is 10.1 Å². The van der Waals surface area contributed by atoms with Crippen LogP contribution in [-0.4, -0.2) is 49.0 Å². The Labute approximate surface area is 155 Å². The second-order valence-corrected chi connectivity index (χ2v) is 6.28. The maximum Gasteiger partial charge on any atom is 0.270 e. The van der Waals surface area contributed by atoms with E-state index in [0.29, 0.717) is 37.0 Å². The highest BCUT2D eigenvalue weighted by Gasteiger charge is 2.26. The zero-order valence-corrected chi connectivity index (χ0v) is 15.0. The van der Waals surface area contributed by atoms with Crippen LogP contribution in [-0.2, 0) is 0 Å². The topological polar surface area (TPSA) is 75.9 Å².